The molecule has 0 N–H and O–H groups in total. The van der Waals surface area contributed by atoms with E-state index in [-0.39, 0.29) is 47.6 Å². The Morgan fingerprint density at radius 1 is 1.16 bits per heavy atom. The van der Waals surface area contributed by atoms with Crippen molar-refractivity contribution < 1.29 is 33.5 Å². The van der Waals surface area contributed by atoms with E-state index in [1.165, 1.54) is 18.2 Å². The molecule has 1 heterocycles. The van der Waals surface area contributed by atoms with Crippen molar-refractivity contribution in [1.82, 2.24) is 4.90 Å². The second-order valence-electron chi connectivity index (χ2n) is 8.49. The minimum absolute atomic E-state index is 0.0190. The lowest BCUT2D eigenvalue weighted by Gasteiger charge is -2.17. The summed E-state index contributed by atoms with van der Waals surface area (Å²) in [5, 5.41) is 11.4. The van der Waals surface area contributed by atoms with E-state index in [0.717, 1.165) is 23.0 Å². The highest BCUT2D eigenvalue weighted by molar-refractivity contribution is 8.18. The Bertz CT molecular complexity index is 1270. The van der Waals surface area contributed by atoms with E-state index < -0.39 is 27.7 Å². The standard InChI is InChI=1S/C26H28N2O8S/c1-6-34-24-20(36-17(5)29)10-8-18(23(24)28(32)33)14-22-25(30)27(26(31)37-22)11-12-35-21-13-16(4)7-9-19(21)15(2)3/h7-10,13-15H,6,11-12H2,1-5H3/b22-14-. The first kappa shape index (κ1) is 27.7. The summed E-state index contributed by atoms with van der Waals surface area (Å²) in [6.45, 7) is 9.04. The minimum atomic E-state index is -0.684. The second kappa shape index (κ2) is 11.9. The molecule has 0 spiro atoms. The number of esters is 1. The third-order valence-electron chi connectivity index (χ3n) is 5.38. The van der Waals surface area contributed by atoms with E-state index in [2.05, 4.69) is 0 Å². The molecule has 196 valence electrons. The van der Waals surface area contributed by atoms with Crippen LogP contribution in [-0.4, -0.2) is 46.7 Å². The zero-order chi connectivity index (χ0) is 27.3. The van der Waals surface area contributed by atoms with Gasteiger partial charge in [-0.1, -0.05) is 26.0 Å². The molecule has 2 aromatic rings. The van der Waals surface area contributed by atoms with Crippen LogP contribution in [0.5, 0.6) is 17.2 Å². The molecule has 11 heteroatoms. The zero-order valence-electron chi connectivity index (χ0n) is 21.2. The van der Waals surface area contributed by atoms with E-state index in [1.54, 1.807) is 6.92 Å². The lowest BCUT2D eigenvalue weighted by atomic mass is 10.0. The number of nitro groups is 1. The Kier molecular flexibility index (Phi) is 8.93. The van der Waals surface area contributed by atoms with Crippen LogP contribution in [0.2, 0.25) is 0 Å². The number of nitrogens with zero attached hydrogens (tertiary/aromatic N) is 2. The van der Waals surface area contributed by atoms with E-state index in [0.29, 0.717) is 17.5 Å². The van der Waals surface area contributed by atoms with Gasteiger partial charge in [-0.05, 0) is 66.9 Å². The number of amides is 2. The van der Waals surface area contributed by atoms with Crippen LogP contribution in [0.25, 0.3) is 6.08 Å². The van der Waals surface area contributed by atoms with Crippen molar-refractivity contribution in [1.29, 1.82) is 0 Å². The first-order chi connectivity index (χ1) is 17.5. The number of carbonyl (C=O) groups is 3. The molecule has 2 amide bonds. The predicted molar refractivity (Wildman–Crippen MR) is 139 cm³/mol. The van der Waals surface area contributed by atoms with Gasteiger partial charge in [0.25, 0.3) is 11.1 Å². The summed E-state index contributed by atoms with van der Waals surface area (Å²) in [5.41, 5.74) is 1.61. The molecule has 37 heavy (non-hydrogen) atoms. The smallest absolute Gasteiger partial charge is 0.322 e. The van der Waals surface area contributed by atoms with Crippen molar-refractivity contribution in [3.8, 4) is 17.2 Å². The van der Waals surface area contributed by atoms with Gasteiger partial charge in [-0.2, -0.15) is 0 Å². The van der Waals surface area contributed by atoms with Gasteiger partial charge in [0, 0.05) is 6.92 Å². The number of thioether (sulfide) groups is 1. The number of carbonyl (C=O) groups excluding carboxylic acids is 3. The molecule has 3 rings (SSSR count). The molecule has 1 fully saturated rings. The minimum Gasteiger partial charge on any atom is -0.491 e. The molecule has 0 aliphatic carbocycles. The SMILES string of the molecule is CCOc1c(OC(C)=O)ccc(/C=C2\SC(=O)N(CCOc3cc(C)ccc3C(C)C)C2=O)c1[N+](=O)[O-]. The summed E-state index contributed by atoms with van der Waals surface area (Å²) in [6.07, 6.45) is 1.27. The maximum absolute atomic E-state index is 13.0. The molecule has 0 atom stereocenters. The van der Waals surface area contributed by atoms with Crippen LogP contribution in [0, 0.1) is 17.0 Å². The lowest BCUT2D eigenvalue weighted by Crippen LogP contribution is -2.32. The highest BCUT2D eigenvalue weighted by Gasteiger charge is 2.36. The number of aryl methyl sites for hydroxylation is 1. The molecule has 0 bridgehead atoms. The largest absolute Gasteiger partial charge is 0.491 e. The monoisotopic (exact) mass is 528 g/mol. The van der Waals surface area contributed by atoms with Gasteiger partial charge in [-0.3, -0.25) is 29.4 Å². The summed E-state index contributed by atoms with van der Waals surface area (Å²) < 4.78 is 16.4. The maximum atomic E-state index is 13.0. The Hall–Kier alpha value is -3.86. The van der Waals surface area contributed by atoms with Crippen molar-refractivity contribution in [2.24, 2.45) is 0 Å². The van der Waals surface area contributed by atoms with Gasteiger partial charge in [0.2, 0.25) is 5.75 Å². The van der Waals surface area contributed by atoms with Gasteiger partial charge in [-0.15, -0.1) is 0 Å². The van der Waals surface area contributed by atoms with Gasteiger partial charge >= 0.3 is 11.7 Å². The average Bonchev–Trinajstić information content (AvgIpc) is 3.07. The number of hydrogen-bond donors (Lipinski definition) is 0. The van der Waals surface area contributed by atoms with Crippen LogP contribution in [0.3, 0.4) is 0 Å². The number of benzene rings is 2. The van der Waals surface area contributed by atoms with E-state index >= 15 is 0 Å². The molecule has 1 aliphatic heterocycles. The summed E-state index contributed by atoms with van der Waals surface area (Å²) in [4.78, 5) is 49.2. The third kappa shape index (κ3) is 6.48. The Labute approximate surface area is 218 Å². The fraction of sp³-hybridized carbons (Fsp3) is 0.346. The van der Waals surface area contributed by atoms with Crippen molar-refractivity contribution in [3.05, 3.63) is 62.0 Å². The zero-order valence-corrected chi connectivity index (χ0v) is 22.0. The molecule has 0 aromatic heterocycles. The van der Waals surface area contributed by atoms with Gasteiger partial charge in [0.15, 0.2) is 5.75 Å². The molecule has 1 aliphatic rings. The van der Waals surface area contributed by atoms with Gasteiger partial charge in [-0.25, -0.2) is 0 Å². The molecule has 0 unspecified atom stereocenters. The predicted octanol–water partition coefficient (Wildman–Crippen LogP) is 5.47. The highest BCUT2D eigenvalue weighted by atomic mass is 32.2. The summed E-state index contributed by atoms with van der Waals surface area (Å²) in [6, 6.07) is 8.59. The van der Waals surface area contributed by atoms with Crippen LogP contribution in [0.1, 0.15) is 50.3 Å². The fourth-order valence-corrected chi connectivity index (χ4v) is 4.57. The third-order valence-corrected chi connectivity index (χ3v) is 6.28. The quantitative estimate of drug-likeness (QED) is 0.130. The Morgan fingerprint density at radius 3 is 2.51 bits per heavy atom. The van der Waals surface area contributed by atoms with E-state index in [4.69, 9.17) is 14.2 Å². The first-order valence-corrected chi connectivity index (χ1v) is 12.5. The number of hydrogen-bond acceptors (Lipinski definition) is 9. The number of nitro benzene ring substituents is 1. The van der Waals surface area contributed by atoms with Crippen LogP contribution in [0.15, 0.2) is 35.2 Å². The Morgan fingerprint density at radius 2 is 1.89 bits per heavy atom. The summed E-state index contributed by atoms with van der Waals surface area (Å²) in [5.74, 6) is -0.658. The topological polar surface area (TPSA) is 125 Å². The average molecular weight is 529 g/mol. The number of rotatable bonds is 10. The normalized spacial score (nSPS) is 14.4. The molecule has 10 nitrogen and oxygen atoms in total. The van der Waals surface area contributed by atoms with Gasteiger partial charge in [0.1, 0.15) is 12.4 Å². The second-order valence-corrected chi connectivity index (χ2v) is 9.49. The lowest BCUT2D eigenvalue weighted by molar-refractivity contribution is -0.386. The van der Waals surface area contributed by atoms with Crippen LogP contribution >= 0.6 is 11.8 Å². The maximum Gasteiger partial charge on any atom is 0.322 e. The summed E-state index contributed by atoms with van der Waals surface area (Å²) >= 11 is 0.682. The fourth-order valence-electron chi connectivity index (χ4n) is 3.72. The molecular formula is C26H28N2O8S. The van der Waals surface area contributed by atoms with Gasteiger partial charge < -0.3 is 14.2 Å². The van der Waals surface area contributed by atoms with E-state index in [9.17, 15) is 24.5 Å². The number of ether oxygens (including phenoxy) is 3. The van der Waals surface area contributed by atoms with Crippen molar-refractivity contribution in [2.75, 3.05) is 19.8 Å². The highest BCUT2D eigenvalue weighted by Crippen LogP contribution is 2.42. The molecule has 0 saturated carbocycles. The molecule has 0 radical (unpaired) electrons. The summed E-state index contributed by atoms with van der Waals surface area (Å²) in [7, 11) is 0. The van der Waals surface area contributed by atoms with Crippen LogP contribution in [-0.2, 0) is 9.59 Å². The molecule has 1 saturated heterocycles. The van der Waals surface area contributed by atoms with Crippen molar-refractivity contribution in [3.63, 3.8) is 0 Å². The van der Waals surface area contributed by atoms with E-state index in [1.807, 2.05) is 39.0 Å². The van der Waals surface area contributed by atoms with Crippen LogP contribution in [0.4, 0.5) is 10.5 Å². The van der Waals surface area contributed by atoms with Crippen molar-refractivity contribution >= 4 is 40.6 Å². The number of imide groups is 1. The first-order valence-electron chi connectivity index (χ1n) is 11.6. The van der Waals surface area contributed by atoms with Crippen LogP contribution < -0.4 is 14.2 Å². The van der Waals surface area contributed by atoms with Gasteiger partial charge in [0.05, 0.1) is 28.5 Å². The molecular weight excluding hydrogens is 500 g/mol. The molecule has 2 aromatic carbocycles. The Balaban J connectivity index is 1.83. The van der Waals surface area contributed by atoms with Crippen molar-refractivity contribution in [2.45, 2.75) is 40.5 Å².